The molecule has 1 amide bonds. The molecule has 3 heterocycles. The van der Waals surface area contributed by atoms with Gasteiger partial charge in [-0.05, 0) is 43.5 Å². The summed E-state index contributed by atoms with van der Waals surface area (Å²) in [5, 5.41) is 1.15. The third kappa shape index (κ3) is 3.63. The largest absolute Gasteiger partial charge is 0.459 e. The summed E-state index contributed by atoms with van der Waals surface area (Å²) in [6.07, 6.45) is 1.34. The second kappa shape index (κ2) is 6.87. The molecule has 6 nitrogen and oxygen atoms in total. The second-order valence-corrected chi connectivity index (χ2v) is 7.37. The minimum Gasteiger partial charge on any atom is -0.459 e. The zero-order chi connectivity index (χ0) is 19.0. The number of nitrogens with zero attached hydrogens (tertiary/aromatic N) is 2. The van der Waals surface area contributed by atoms with Crippen LogP contribution in [0.2, 0.25) is 0 Å². The first-order valence-corrected chi connectivity index (χ1v) is 9.11. The van der Waals surface area contributed by atoms with Crippen LogP contribution >= 0.6 is 0 Å². The standard InChI is InChI=1S/C21H24N2O4/c1-21(2)26-14-17(27-21)13-23(20(24)19-9-6-10-25-19)12-16-11-15-7-4-5-8-18(15)22(16)3/h4-11,17H,12-14H2,1-3H3/t17-/m0/s1. The summed E-state index contributed by atoms with van der Waals surface area (Å²) in [4.78, 5) is 14.8. The summed E-state index contributed by atoms with van der Waals surface area (Å²) < 4.78 is 19.0. The highest BCUT2D eigenvalue weighted by atomic mass is 16.7. The van der Waals surface area contributed by atoms with Gasteiger partial charge in [-0.25, -0.2) is 0 Å². The Kier molecular flexibility index (Phi) is 4.53. The highest BCUT2D eigenvalue weighted by Crippen LogP contribution is 2.25. The van der Waals surface area contributed by atoms with Gasteiger partial charge in [0, 0.05) is 18.3 Å². The summed E-state index contributed by atoms with van der Waals surface area (Å²) >= 11 is 0. The molecule has 1 aliphatic heterocycles. The first kappa shape index (κ1) is 17.8. The lowest BCUT2D eigenvalue weighted by atomic mass is 10.2. The molecule has 4 rings (SSSR count). The number of fused-ring (bicyclic) bond motifs is 1. The monoisotopic (exact) mass is 368 g/mol. The Morgan fingerprint density at radius 2 is 2.07 bits per heavy atom. The van der Waals surface area contributed by atoms with Gasteiger partial charge in [0.15, 0.2) is 11.5 Å². The number of carbonyl (C=O) groups excluding carboxylic acids is 1. The van der Waals surface area contributed by atoms with Crippen molar-refractivity contribution in [2.45, 2.75) is 32.3 Å². The Hall–Kier alpha value is -2.57. The van der Waals surface area contributed by atoms with Crippen LogP contribution in [0.15, 0.2) is 53.1 Å². The summed E-state index contributed by atoms with van der Waals surface area (Å²) in [5.41, 5.74) is 2.19. The molecule has 1 aliphatic rings. The minimum atomic E-state index is -0.621. The molecule has 0 N–H and O–H groups in total. The lowest BCUT2D eigenvalue weighted by Gasteiger charge is -2.25. The fourth-order valence-corrected chi connectivity index (χ4v) is 3.57. The highest BCUT2D eigenvalue weighted by molar-refractivity contribution is 5.91. The van der Waals surface area contributed by atoms with Crippen LogP contribution in [0.1, 0.15) is 30.1 Å². The maximum absolute atomic E-state index is 13.0. The van der Waals surface area contributed by atoms with Crippen molar-refractivity contribution in [2.75, 3.05) is 13.2 Å². The molecule has 1 fully saturated rings. The van der Waals surface area contributed by atoms with E-state index in [-0.39, 0.29) is 12.0 Å². The fourth-order valence-electron chi connectivity index (χ4n) is 3.57. The number of hydrogen-bond donors (Lipinski definition) is 0. The Morgan fingerprint density at radius 1 is 1.26 bits per heavy atom. The van der Waals surface area contributed by atoms with Crippen molar-refractivity contribution in [3.8, 4) is 0 Å². The van der Waals surface area contributed by atoms with E-state index in [9.17, 15) is 4.79 Å². The van der Waals surface area contributed by atoms with E-state index in [0.717, 1.165) is 16.6 Å². The predicted molar refractivity (Wildman–Crippen MR) is 101 cm³/mol. The Morgan fingerprint density at radius 3 is 2.74 bits per heavy atom. The van der Waals surface area contributed by atoms with Crippen LogP contribution in [0.3, 0.4) is 0 Å². The summed E-state index contributed by atoms with van der Waals surface area (Å²) in [6, 6.07) is 13.7. The van der Waals surface area contributed by atoms with E-state index in [1.807, 2.05) is 33.0 Å². The number of benzene rings is 1. The van der Waals surface area contributed by atoms with Crippen molar-refractivity contribution < 1.29 is 18.7 Å². The molecule has 0 saturated carbocycles. The number of furan rings is 1. The van der Waals surface area contributed by atoms with Gasteiger partial charge in [0.25, 0.3) is 5.91 Å². The van der Waals surface area contributed by atoms with Gasteiger partial charge in [0.2, 0.25) is 0 Å². The quantitative estimate of drug-likeness (QED) is 0.691. The molecule has 0 aliphatic carbocycles. The normalized spacial score (nSPS) is 18.9. The lowest BCUT2D eigenvalue weighted by molar-refractivity contribution is -0.139. The molecule has 2 aromatic heterocycles. The lowest BCUT2D eigenvalue weighted by Crippen LogP contribution is -2.39. The van der Waals surface area contributed by atoms with E-state index in [0.29, 0.717) is 25.5 Å². The predicted octanol–water partition coefficient (Wildman–Crippen LogP) is 3.57. The fraction of sp³-hybridized carbons (Fsp3) is 0.381. The van der Waals surface area contributed by atoms with Crippen molar-refractivity contribution >= 4 is 16.8 Å². The van der Waals surface area contributed by atoms with E-state index in [1.54, 1.807) is 17.0 Å². The van der Waals surface area contributed by atoms with E-state index < -0.39 is 5.79 Å². The van der Waals surface area contributed by atoms with Crippen LogP contribution in [-0.2, 0) is 23.1 Å². The van der Waals surface area contributed by atoms with Gasteiger partial charge >= 0.3 is 0 Å². The number of carbonyl (C=O) groups is 1. The number of para-hydroxylation sites is 1. The maximum Gasteiger partial charge on any atom is 0.289 e. The Bertz CT molecular complexity index is 942. The molecule has 1 saturated heterocycles. The number of aryl methyl sites for hydroxylation is 1. The van der Waals surface area contributed by atoms with Crippen LogP contribution in [0.4, 0.5) is 0 Å². The molecule has 1 atom stereocenters. The number of aromatic nitrogens is 1. The average molecular weight is 368 g/mol. The van der Waals surface area contributed by atoms with Crippen molar-refractivity contribution in [3.63, 3.8) is 0 Å². The summed E-state index contributed by atoms with van der Waals surface area (Å²) in [5.74, 6) is -0.450. The smallest absolute Gasteiger partial charge is 0.289 e. The number of amides is 1. The first-order chi connectivity index (χ1) is 12.9. The molecule has 0 spiro atoms. The van der Waals surface area contributed by atoms with E-state index in [4.69, 9.17) is 13.9 Å². The molecule has 27 heavy (non-hydrogen) atoms. The molecular weight excluding hydrogens is 344 g/mol. The van der Waals surface area contributed by atoms with Gasteiger partial charge in [0.05, 0.1) is 26.0 Å². The zero-order valence-electron chi connectivity index (χ0n) is 15.8. The van der Waals surface area contributed by atoms with Crippen molar-refractivity contribution in [1.82, 2.24) is 9.47 Å². The summed E-state index contributed by atoms with van der Waals surface area (Å²) in [6.45, 7) is 5.13. The second-order valence-electron chi connectivity index (χ2n) is 7.37. The van der Waals surface area contributed by atoms with Crippen LogP contribution < -0.4 is 0 Å². The molecule has 1 aromatic carbocycles. The number of rotatable bonds is 5. The molecule has 6 heteroatoms. The van der Waals surface area contributed by atoms with E-state index in [1.165, 1.54) is 6.26 Å². The maximum atomic E-state index is 13.0. The first-order valence-electron chi connectivity index (χ1n) is 9.11. The Balaban J connectivity index is 1.60. The van der Waals surface area contributed by atoms with Gasteiger partial charge in [-0.3, -0.25) is 4.79 Å². The average Bonchev–Trinajstić information content (AvgIpc) is 3.35. The van der Waals surface area contributed by atoms with Crippen LogP contribution in [0.5, 0.6) is 0 Å². The van der Waals surface area contributed by atoms with Crippen molar-refractivity contribution in [2.24, 2.45) is 7.05 Å². The van der Waals surface area contributed by atoms with Gasteiger partial charge in [-0.2, -0.15) is 0 Å². The third-order valence-corrected chi connectivity index (χ3v) is 4.91. The van der Waals surface area contributed by atoms with Gasteiger partial charge in [-0.1, -0.05) is 18.2 Å². The molecule has 142 valence electrons. The summed E-state index contributed by atoms with van der Waals surface area (Å²) in [7, 11) is 2.02. The molecule has 0 unspecified atom stereocenters. The zero-order valence-corrected chi connectivity index (χ0v) is 15.8. The molecule has 3 aromatic rings. The number of ether oxygens (including phenoxy) is 2. The Labute approximate surface area is 158 Å². The van der Waals surface area contributed by atoms with Crippen molar-refractivity contribution in [3.05, 3.63) is 60.2 Å². The van der Waals surface area contributed by atoms with Gasteiger partial charge in [0.1, 0.15) is 6.10 Å². The highest BCUT2D eigenvalue weighted by Gasteiger charge is 2.35. The molecule has 0 radical (unpaired) electrons. The van der Waals surface area contributed by atoms with Crippen molar-refractivity contribution in [1.29, 1.82) is 0 Å². The van der Waals surface area contributed by atoms with Crippen LogP contribution in [0, 0.1) is 0 Å². The minimum absolute atomic E-state index is 0.154. The SMILES string of the molecule is Cn1c(CN(C[C@H]2COC(C)(C)O2)C(=O)c2ccco2)cc2ccccc21. The van der Waals surface area contributed by atoms with Gasteiger partial charge < -0.3 is 23.4 Å². The van der Waals surface area contributed by atoms with Crippen LogP contribution in [-0.4, -0.2) is 40.4 Å². The molecule has 0 bridgehead atoms. The van der Waals surface area contributed by atoms with E-state index in [2.05, 4.69) is 22.8 Å². The third-order valence-electron chi connectivity index (χ3n) is 4.91. The molecular formula is C21H24N2O4. The number of hydrogen-bond acceptors (Lipinski definition) is 4. The van der Waals surface area contributed by atoms with Gasteiger partial charge in [-0.15, -0.1) is 0 Å². The van der Waals surface area contributed by atoms with E-state index >= 15 is 0 Å². The van der Waals surface area contributed by atoms with Crippen LogP contribution in [0.25, 0.3) is 10.9 Å². The topological polar surface area (TPSA) is 56.8 Å².